The summed E-state index contributed by atoms with van der Waals surface area (Å²) in [5, 5.41) is 7.04. The Kier molecular flexibility index (Phi) is 4.20. The van der Waals surface area contributed by atoms with Gasteiger partial charge in [-0.05, 0) is 37.6 Å². The first-order valence-corrected chi connectivity index (χ1v) is 7.46. The van der Waals surface area contributed by atoms with Crippen LogP contribution < -0.4 is 5.32 Å². The third kappa shape index (κ3) is 3.47. The van der Waals surface area contributed by atoms with Crippen LogP contribution in [0.3, 0.4) is 0 Å². The predicted molar refractivity (Wildman–Crippen MR) is 83.9 cm³/mol. The van der Waals surface area contributed by atoms with Gasteiger partial charge in [-0.25, -0.2) is 4.98 Å². The number of benzene rings is 1. The molecular formula is C17H14F3N3O2. The third-order valence-corrected chi connectivity index (χ3v) is 3.83. The number of aryl methyl sites for hydroxylation is 1. The number of nitrogens with one attached hydrogen (secondary N) is 1. The van der Waals surface area contributed by atoms with Crippen molar-refractivity contribution < 1.29 is 22.5 Å². The van der Waals surface area contributed by atoms with E-state index in [9.17, 15) is 18.0 Å². The lowest BCUT2D eigenvalue weighted by Gasteiger charge is -2.16. The summed E-state index contributed by atoms with van der Waals surface area (Å²) >= 11 is 0. The zero-order chi connectivity index (χ0) is 18.2. The molecule has 0 aliphatic carbocycles. The van der Waals surface area contributed by atoms with Crippen LogP contribution in [0.5, 0.6) is 0 Å². The van der Waals surface area contributed by atoms with Crippen molar-refractivity contribution >= 4 is 17.0 Å². The molecule has 1 amide bonds. The monoisotopic (exact) mass is 349 g/mol. The van der Waals surface area contributed by atoms with Crippen LogP contribution in [0.4, 0.5) is 13.2 Å². The number of rotatable bonds is 3. The van der Waals surface area contributed by atoms with Crippen molar-refractivity contribution in [3.8, 4) is 0 Å². The van der Waals surface area contributed by atoms with Gasteiger partial charge in [-0.3, -0.25) is 4.79 Å². The number of fused-ring (bicyclic) bond motifs is 1. The number of hydrogen-bond donors (Lipinski definition) is 1. The van der Waals surface area contributed by atoms with Gasteiger partial charge < -0.3 is 9.84 Å². The number of hydrogen-bond acceptors (Lipinski definition) is 4. The highest BCUT2D eigenvalue weighted by Crippen LogP contribution is 2.30. The molecule has 0 fully saturated rings. The predicted octanol–water partition coefficient (Wildman–Crippen LogP) is 4.04. The van der Waals surface area contributed by atoms with Gasteiger partial charge in [0.25, 0.3) is 11.6 Å². The second kappa shape index (κ2) is 6.19. The van der Waals surface area contributed by atoms with Gasteiger partial charge >= 0.3 is 6.18 Å². The minimum atomic E-state index is -4.43. The Morgan fingerprint density at radius 3 is 2.76 bits per heavy atom. The zero-order valence-corrected chi connectivity index (χ0v) is 13.4. The van der Waals surface area contributed by atoms with E-state index >= 15 is 0 Å². The Labute approximate surface area is 140 Å². The van der Waals surface area contributed by atoms with Crippen molar-refractivity contribution in [3.05, 3.63) is 58.9 Å². The summed E-state index contributed by atoms with van der Waals surface area (Å²) in [6, 6.07) is 5.85. The van der Waals surface area contributed by atoms with Crippen LogP contribution in [0.2, 0.25) is 0 Å². The maximum atomic E-state index is 12.8. The van der Waals surface area contributed by atoms with Crippen molar-refractivity contribution in [1.82, 2.24) is 15.5 Å². The van der Waals surface area contributed by atoms with Crippen molar-refractivity contribution in [1.29, 1.82) is 0 Å². The first-order chi connectivity index (χ1) is 11.8. The van der Waals surface area contributed by atoms with Crippen molar-refractivity contribution in [2.75, 3.05) is 0 Å². The minimum Gasteiger partial charge on any atom is -0.345 e. The molecule has 2 heterocycles. The van der Waals surface area contributed by atoms with E-state index in [1.54, 1.807) is 19.9 Å². The molecule has 0 radical (unpaired) electrons. The number of amides is 1. The standard InChI is InChI=1S/C17H14F3N3O2/c1-9(11-4-3-5-13(6-11)17(18,19)20)22-15(24)12-7-14-10(2)23-25-16(14)21-8-12/h3-9H,1-2H3,(H,22,24)/t9-/m1/s1. The molecule has 5 nitrogen and oxygen atoms in total. The average molecular weight is 349 g/mol. The van der Waals surface area contributed by atoms with Gasteiger partial charge in [-0.15, -0.1) is 0 Å². The van der Waals surface area contributed by atoms with Crippen LogP contribution >= 0.6 is 0 Å². The molecule has 1 atom stereocenters. The molecule has 0 saturated carbocycles. The lowest BCUT2D eigenvalue weighted by Crippen LogP contribution is -2.27. The Morgan fingerprint density at radius 1 is 1.28 bits per heavy atom. The first-order valence-electron chi connectivity index (χ1n) is 7.46. The van der Waals surface area contributed by atoms with E-state index in [1.165, 1.54) is 18.3 Å². The number of alkyl halides is 3. The van der Waals surface area contributed by atoms with Crippen LogP contribution in [0, 0.1) is 6.92 Å². The zero-order valence-electron chi connectivity index (χ0n) is 13.4. The van der Waals surface area contributed by atoms with Gasteiger partial charge in [0.1, 0.15) is 0 Å². The summed E-state index contributed by atoms with van der Waals surface area (Å²) in [6.07, 6.45) is -3.10. The maximum absolute atomic E-state index is 12.8. The van der Waals surface area contributed by atoms with E-state index in [4.69, 9.17) is 4.52 Å². The molecule has 0 bridgehead atoms. The minimum absolute atomic E-state index is 0.276. The van der Waals surface area contributed by atoms with E-state index < -0.39 is 23.7 Å². The molecule has 3 aromatic rings. The quantitative estimate of drug-likeness (QED) is 0.775. The second-order valence-electron chi connectivity index (χ2n) is 5.66. The molecule has 8 heteroatoms. The topological polar surface area (TPSA) is 68.0 Å². The fourth-order valence-electron chi connectivity index (χ4n) is 2.42. The van der Waals surface area contributed by atoms with E-state index in [-0.39, 0.29) is 5.56 Å². The number of pyridine rings is 1. The largest absolute Gasteiger partial charge is 0.416 e. The number of nitrogens with zero attached hydrogens (tertiary/aromatic N) is 2. The summed E-state index contributed by atoms with van der Waals surface area (Å²) in [7, 11) is 0. The van der Waals surface area contributed by atoms with E-state index in [1.807, 2.05) is 0 Å². The summed E-state index contributed by atoms with van der Waals surface area (Å²) in [5.74, 6) is -0.445. The van der Waals surface area contributed by atoms with Crippen LogP contribution in [-0.4, -0.2) is 16.0 Å². The van der Waals surface area contributed by atoms with Crippen molar-refractivity contribution in [3.63, 3.8) is 0 Å². The molecule has 1 aromatic carbocycles. The Hall–Kier alpha value is -2.90. The molecule has 0 aliphatic heterocycles. The Balaban J connectivity index is 1.81. The number of carbonyl (C=O) groups excluding carboxylic acids is 1. The summed E-state index contributed by atoms with van der Waals surface area (Å²) in [5.41, 5.74) is 0.799. The van der Waals surface area contributed by atoms with Crippen molar-refractivity contribution in [2.24, 2.45) is 0 Å². The molecule has 3 rings (SSSR count). The molecular weight excluding hydrogens is 335 g/mol. The average Bonchev–Trinajstić information content (AvgIpc) is 2.95. The molecule has 0 unspecified atom stereocenters. The van der Waals surface area contributed by atoms with Crippen molar-refractivity contribution in [2.45, 2.75) is 26.1 Å². The molecule has 25 heavy (non-hydrogen) atoms. The molecule has 1 N–H and O–H groups in total. The van der Waals surface area contributed by atoms with E-state index in [0.29, 0.717) is 22.4 Å². The highest BCUT2D eigenvalue weighted by atomic mass is 19.4. The van der Waals surface area contributed by atoms with Gasteiger partial charge in [0.15, 0.2) is 0 Å². The molecule has 130 valence electrons. The fraction of sp³-hybridized carbons (Fsp3) is 0.235. The first kappa shape index (κ1) is 16.9. The lowest BCUT2D eigenvalue weighted by molar-refractivity contribution is -0.137. The fourth-order valence-corrected chi connectivity index (χ4v) is 2.42. The lowest BCUT2D eigenvalue weighted by atomic mass is 10.0. The molecule has 0 aliphatic rings. The van der Waals surface area contributed by atoms with Crippen LogP contribution in [0.1, 0.15) is 40.1 Å². The number of aromatic nitrogens is 2. The van der Waals surface area contributed by atoms with Gasteiger partial charge in [0.2, 0.25) is 0 Å². The highest BCUT2D eigenvalue weighted by Gasteiger charge is 2.30. The van der Waals surface area contributed by atoms with Gasteiger partial charge in [0, 0.05) is 6.20 Å². The third-order valence-electron chi connectivity index (χ3n) is 3.83. The maximum Gasteiger partial charge on any atom is 0.416 e. The Morgan fingerprint density at radius 2 is 2.04 bits per heavy atom. The van der Waals surface area contributed by atoms with E-state index in [2.05, 4.69) is 15.5 Å². The van der Waals surface area contributed by atoms with Crippen LogP contribution in [0.25, 0.3) is 11.1 Å². The second-order valence-corrected chi connectivity index (χ2v) is 5.66. The molecule has 2 aromatic heterocycles. The van der Waals surface area contributed by atoms with Gasteiger partial charge in [-0.1, -0.05) is 17.3 Å². The van der Waals surface area contributed by atoms with Crippen LogP contribution in [-0.2, 0) is 6.18 Å². The smallest absolute Gasteiger partial charge is 0.345 e. The number of halogens is 3. The molecule has 0 spiro atoms. The van der Waals surface area contributed by atoms with E-state index in [0.717, 1.165) is 12.1 Å². The highest BCUT2D eigenvalue weighted by molar-refractivity contribution is 5.97. The molecule has 0 saturated heterocycles. The SMILES string of the molecule is Cc1noc2ncc(C(=O)N[C@H](C)c3cccc(C(F)(F)F)c3)cc12. The summed E-state index contributed by atoms with van der Waals surface area (Å²) in [6.45, 7) is 3.34. The van der Waals surface area contributed by atoms with Gasteiger partial charge in [-0.2, -0.15) is 13.2 Å². The summed E-state index contributed by atoms with van der Waals surface area (Å²) < 4.78 is 43.4. The Bertz CT molecular complexity index is 934. The number of carbonyl (C=O) groups is 1. The van der Waals surface area contributed by atoms with Crippen LogP contribution in [0.15, 0.2) is 41.1 Å². The normalized spacial score (nSPS) is 13.0. The summed E-state index contributed by atoms with van der Waals surface area (Å²) in [4.78, 5) is 16.4. The van der Waals surface area contributed by atoms with Gasteiger partial charge in [0.05, 0.1) is 28.2 Å².